The molecule has 21 heavy (non-hydrogen) atoms. The summed E-state index contributed by atoms with van der Waals surface area (Å²) in [4.78, 5) is 16.4. The Morgan fingerprint density at radius 1 is 1.19 bits per heavy atom. The summed E-state index contributed by atoms with van der Waals surface area (Å²) in [5.74, 6) is 1.21. The molecule has 6 heteroatoms. The molecule has 2 aromatic heterocycles. The largest absolute Gasteiger partial charge is 0.497 e. The summed E-state index contributed by atoms with van der Waals surface area (Å²) >= 11 is 0. The molecule has 0 radical (unpaired) electrons. The van der Waals surface area contributed by atoms with E-state index in [1.807, 2.05) is 23.7 Å². The molecule has 1 aromatic carbocycles. The second kappa shape index (κ2) is 4.97. The number of aryl methyl sites for hydroxylation is 1. The van der Waals surface area contributed by atoms with Crippen LogP contribution >= 0.6 is 0 Å². The maximum absolute atomic E-state index is 12.5. The van der Waals surface area contributed by atoms with E-state index in [2.05, 4.69) is 4.98 Å². The van der Waals surface area contributed by atoms with Gasteiger partial charge in [0.2, 0.25) is 0 Å². The molecular formula is C15H15N3O3. The fourth-order valence-electron chi connectivity index (χ4n) is 2.38. The molecule has 0 bridgehead atoms. The number of nitrogens with zero attached hydrogens (tertiary/aromatic N) is 3. The first-order chi connectivity index (χ1) is 10.2. The second-order valence-corrected chi connectivity index (χ2v) is 4.63. The summed E-state index contributed by atoms with van der Waals surface area (Å²) in [5.41, 5.74) is 1.42. The van der Waals surface area contributed by atoms with Gasteiger partial charge in [-0.1, -0.05) is 0 Å². The maximum Gasteiger partial charge on any atom is 0.279 e. The Kier molecular flexibility index (Phi) is 3.13. The summed E-state index contributed by atoms with van der Waals surface area (Å²) in [6.45, 7) is 0. The van der Waals surface area contributed by atoms with Crippen LogP contribution in [-0.4, -0.2) is 34.2 Å². The van der Waals surface area contributed by atoms with E-state index in [-0.39, 0.29) is 5.91 Å². The molecule has 108 valence electrons. The number of rotatable bonds is 3. The molecule has 0 spiro atoms. The lowest BCUT2D eigenvalue weighted by atomic mass is 10.2. The quantitative estimate of drug-likeness (QED) is 0.739. The number of hydrogen-bond donors (Lipinski definition) is 0. The van der Waals surface area contributed by atoms with Crippen molar-refractivity contribution in [3.63, 3.8) is 0 Å². The Balaban J connectivity index is 2.22. The molecule has 0 amide bonds. The van der Waals surface area contributed by atoms with Crippen LogP contribution in [0.1, 0.15) is 10.5 Å². The predicted molar refractivity (Wildman–Crippen MR) is 78.0 cm³/mol. The molecule has 3 rings (SSSR count). The minimum Gasteiger partial charge on any atom is -0.497 e. The third kappa shape index (κ3) is 2.05. The number of methoxy groups -OCH3 is 2. The van der Waals surface area contributed by atoms with Crippen molar-refractivity contribution in [2.45, 2.75) is 0 Å². The van der Waals surface area contributed by atoms with Crippen molar-refractivity contribution in [2.24, 2.45) is 7.05 Å². The van der Waals surface area contributed by atoms with E-state index in [0.717, 1.165) is 10.9 Å². The first kappa shape index (κ1) is 13.2. The summed E-state index contributed by atoms with van der Waals surface area (Å²) < 4.78 is 13.9. The van der Waals surface area contributed by atoms with Crippen molar-refractivity contribution in [1.29, 1.82) is 0 Å². The van der Waals surface area contributed by atoms with Gasteiger partial charge in [-0.05, 0) is 6.07 Å². The van der Waals surface area contributed by atoms with Crippen molar-refractivity contribution in [3.8, 4) is 11.5 Å². The molecule has 6 nitrogen and oxygen atoms in total. The summed E-state index contributed by atoms with van der Waals surface area (Å²) in [7, 11) is 5.03. The fraction of sp³-hybridized carbons (Fsp3) is 0.200. The predicted octanol–water partition coefficient (Wildman–Crippen LogP) is 2.08. The Hall–Kier alpha value is -2.76. The fourth-order valence-corrected chi connectivity index (χ4v) is 2.38. The second-order valence-electron chi connectivity index (χ2n) is 4.63. The van der Waals surface area contributed by atoms with Crippen molar-refractivity contribution in [3.05, 3.63) is 42.6 Å². The van der Waals surface area contributed by atoms with Crippen LogP contribution in [0, 0.1) is 0 Å². The van der Waals surface area contributed by atoms with E-state index in [4.69, 9.17) is 9.47 Å². The highest BCUT2D eigenvalue weighted by Crippen LogP contribution is 2.33. The Bertz CT molecular complexity index is 803. The lowest BCUT2D eigenvalue weighted by Crippen LogP contribution is -2.13. The molecule has 2 heterocycles. The molecule has 0 aliphatic carbocycles. The molecular weight excluding hydrogens is 270 g/mol. The van der Waals surface area contributed by atoms with E-state index >= 15 is 0 Å². The molecule has 3 aromatic rings. The average molecular weight is 285 g/mol. The summed E-state index contributed by atoms with van der Waals surface area (Å²) in [6.07, 6.45) is 4.68. The molecule has 0 saturated heterocycles. The van der Waals surface area contributed by atoms with Gasteiger partial charge in [0, 0.05) is 37.0 Å². The molecule has 0 N–H and O–H groups in total. The Labute approximate surface area is 121 Å². The van der Waals surface area contributed by atoms with Gasteiger partial charge >= 0.3 is 0 Å². The Morgan fingerprint density at radius 2 is 2.00 bits per heavy atom. The molecule has 0 aliphatic heterocycles. The molecule has 0 fully saturated rings. The van der Waals surface area contributed by atoms with E-state index in [1.165, 1.54) is 10.9 Å². The normalized spacial score (nSPS) is 10.8. The van der Waals surface area contributed by atoms with E-state index in [1.54, 1.807) is 32.7 Å². The molecule has 0 atom stereocenters. The minimum atomic E-state index is -0.146. The van der Waals surface area contributed by atoms with Gasteiger partial charge in [-0.25, -0.2) is 4.98 Å². The number of hydrogen-bond acceptors (Lipinski definition) is 4. The van der Waals surface area contributed by atoms with Gasteiger partial charge in [0.25, 0.3) is 5.91 Å². The van der Waals surface area contributed by atoms with Gasteiger partial charge in [-0.15, -0.1) is 0 Å². The molecule has 0 saturated carbocycles. The van der Waals surface area contributed by atoms with E-state index in [0.29, 0.717) is 17.2 Å². The minimum absolute atomic E-state index is 0.146. The van der Waals surface area contributed by atoms with Gasteiger partial charge in [0.05, 0.1) is 19.7 Å². The monoisotopic (exact) mass is 285 g/mol. The first-order valence-electron chi connectivity index (χ1n) is 6.40. The highest BCUT2D eigenvalue weighted by atomic mass is 16.5. The zero-order chi connectivity index (χ0) is 15.0. The summed E-state index contributed by atoms with van der Waals surface area (Å²) in [6, 6.07) is 5.49. The first-order valence-corrected chi connectivity index (χ1v) is 6.40. The van der Waals surface area contributed by atoms with Crippen LogP contribution in [-0.2, 0) is 7.05 Å². The number of imidazole rings is 1. The number of aromatic nitrogens is 3. The maximum atomic E-state index is 12.5. The summed E-state index contributed by atoms with van der Waals surface area (Å²) in [5, 5.41) is 0.865. The van der Waals surface area contributed by atoms with Crippen molar-refractivity contribution < 1.29 is 14.3 Å². The number of carbonyl (C=O) groups is 1. The number of fused-ring (bicyclic) bond motifs is 1. The van der Waals surface area contributed by atoms with Crippen LogP contribution in [0.15, 0.2) is 36.9 Å². The van der Waals surface area contributed by atoms with Crippen LogP contribution in [0.2, 0.25) is 0 Å². The zero-order valence-corrected chi connectivity index (χ0v) is 12.0. The van der Waals surface area contributed by atoms with Crippen LogP contribution in [0.3, 0.4) is 0 Å². The van der Waals surface area contributed by atoms with Crippen LogP contribution in [0.5, 0.6) is 11.5 Å². The van der Waals surface area contributed by atoms with Gasteiger partial charge in [-0.3, -0.25) is 9.36 Å². The van der Waals surface area contributed by atoms with Gasteiger partial charge in [0.15, 0.2) is 0 Å². The van der Waals surface area contributed by atoms with Crippen molar-refractivity contribution >= 4 is 16.8 Å². The highest BCUT2D eigenvalue weighted by Gasteiger charge is 2.18. The van der Waals surface area contributed by atoms with Crippen LogP contribution in [0.4, 0.5) is 0 Å². The van der Waals surface area contributed by atoms with E-state index in [9.17, 15) is 4.79 Å². The highest BCUT2D eigenvalue weighted by molar-refractivity contribution is 6.01. The third-order valence-corrected chi connectivity index (χ3v) is 3.51. The average Bonchev–Trinajstić information content (AvgIpc) is 3.14. The lowest BCUT2D eigenvalue weighted by Gasteiger charge is -2.07. The number of ether oxygens (including phenoxy) is 2. The standard InChI is InChI=1S/C15H15N3O3/c1-17-12-6-10(20-2)7-14(21-3)11(12)8-13(17)15(19)18-5-4-16-9-18/h4-9H,1-3H3. The topological polar surface area (TPSA) is 58.3 Å². The van der Waals surface area contributed by atoms with Gasteiger partial charge in [-0.2, -0.15) is 0 Å². The molecule has 0 unspecified atom stereocenters. The van der Waals surface area contributed by atoms with Gasteiger partial charge < -0.3 is 14.0 Å². The number of carbonyl (C=O) groups excluding carboxylic acids is 1. The van der Waals surface area contributed by atoms with Crippen molar-refractivity contribution in [2.75, 3.05) is 14.2 Å². The smallest absolute Gasteiger partial charge is 0.279 e. The number of benzene rings is 1. The SMILES string of the molecule is COc1cc(OC)c2cc(C(=O)n3ccnc3)n(C)c2c1. The zero-order valence-electron chi connectivity index (χ0n) is 12.0. The molecule has 0 aliphatic rings. The van der Waals surface area contributed by atoms with Gasteiger partial charge in [0.1, 0.15) is 23.5 Å². The lowest BCUT2D eigenvalue weighted by molar-refractivity contribution is 0.0952. The van der Waals surface area contributed by atoms with Crippen molar-refractivity contribution in [1.82, 2.24) is 14.1 Å². The van der Waals surface area contributed by atoms with Crippen LogP contribution < -0.4 is 9.47 Å². The van der Waals surface area contributed by atoms with E-state index < -0.39 is 0 Å². The Morgan fingerprint density at radius 3 is 2.62 bits per heavy atom. The third-order valence-electron chi connectivity index (χ3n) is 3.51. The van der Waals surface area contributed by atoms with Crippen LogP contribution in [0.25, 0.3) is 10.9 Å².